The van der Waals surface area contributed by atoms with Crippen molar-refractivity contribution in [3.05, 3.63) is 18.3 Å². The third-order valence-corrected chi connectivity index (χ3v) is 3.44. The van der Waals surface area contributed by atoms with Crippen molar-refractivity contribution in [3.63, 3.8) is 0 Å². The van der Waals surface area contributed by atoms with Crippen LogP contribution >= 0.6 is 11.8 Å². The number of anilines is 2. The average molecular weight is 283 g/mol. The SMILES string of the molecule is CCN1CCN(c2ccc(NC(=N)NCl)cn2)CC1. The molecule has 0 aromatic carbocycles. The number of halogens is 1. The Hall–Kier alpha value is -1.53. The summed E-state index contributed by atoms with van der Waals surface area (Å²) >= 11 is 5.31. The third kappa shape index (κ3) is 3.71. The fraction of sp³-hybridized carbons (Fsp3) is 0.500. The molecule has 2 heterocycles. The number of rotatable bonds is 3. The number of piperazine rings is 1. The summed E-state index contributed by atoms with van der Waals surface area (Å²) in [5, 5.41) is 10.2. The third-order valence-electron chi connectivity index (χ3n) is 3.26. The van der Waals surface area contributed by atoms with E-state index in [1.807, 2.05) is 12.1 Å². The molecule has 3 N–H and O–H groups in total. The number of nitrogens with zero attached hydrogens (tertiary/aromatic N) is 3. The van der Waals surface area contributed by atoms with Crippen molar-refractivity contribution in [2.24, 2.45) is 0 Å². The highest BCUT2D eigenvalue weighted by Crippen LogP contribution is 2.15. The summed E-state index contributed by atoms with van der Waals surface area (Å²) in [5.74, 6) is 1.01. The first-order chi connectivity index (χ1) is 9.22. The van der Waals surface area contributed by atoms with Crippen LogP contribution in [0, 0.1) is 5.41 Å². The maximum Gasteiger partial charge on any atom is 0.207 e. The Morgan fingerprint density at radius 3 is 2.63 bits per heavy atom. The lowest BCUT2D eigenvalue weighted by molar-refractivity contribution is 0.270. The molecule has 0 saturated carbocycles. The quantitative estimate of drug-likeness (QED) is 0.443. The lowest BCUT2D eigenvalue weighted by Crippen LogP contribution is -2.46. The molecule has 0 amide bonds. The molecule has 0 unspecified atom stereocenters. The topological polar surface area (TPSA) is 67.3 Å². The van der Waals surface area contributed by atoms with E-state index in [0.29, 0.717) is 0 Å². The second kappa shape index (κ2) is 6.58. The van der Waals surface area contributed by atoms with Gasteiger partial charge in [-0.25, -0.2) is 4.98 Å². The highest BCUT2D eigenvalue weighted by molar-refractivity contribution is 6.23. The summed E-state index contributed by atoms with van der Waals surface area (Å²) in [7, 11) is 0. The predicted octanol–water partition coefficient (Wildman–Crippen LogP) is 1.31. The van der Waals surface area contributed by atoms with Gasteiger partial charge < -0.3 is 15.1 Å². The Labute approximate surface area is 118 Å². The van der Waals surface area contributed by atoms with Crippen molar-refractivity contribution in [2.75, 3.05) is 42.9 Å². The van der Waals surface area contributed by atoms with Gasteiger partial charge in [-0.3, -0.25) is 10.2 Å². The van der Waals surface area contributed by atoms with E-state index in [2.05, 4.69) is 31.9 Å². The molecule has 0 radical (unpaired) electrons. The van der Waals surface area contributed by atoms with Crippen LogP contribution in [0.3, 0.4) is 0 Å². The first-order valence-electron chi connectivity index (χ1n) is 6.38. The molecular formula is C12H19ClN6. The van der Waals surface area contributed by atoms with Crippen LogP contribution in [0.15, 0.2) is 18.3 Å². The molecule has 7 heteroatoms. The Balaban J connectivity index is 1.93. The first kappa shape index (κ1) is 13.9. The van der Waals surface area contributed by atoms with Crippen molar-refractivity contribution in [3.8, 4) is 0 Å². The average Bonchev–Trinajstić information content (AvgIpc) is 2.48. The number of guanidine groups is 1. The fourth-order valence-electron chi connectivity index (χ4n) is 2.11. The molecule has 1 aliphatic heterocycles. The Morgan fingerprint density at radius 1 is 1.37 bits per heavy atom. The highest BCUT2D eigenvalue weighted by Gasteiger charge is 2.16. The largest absolute Gasteiger partial charge is 0.354 e. The second-order valence-electron chi connectivity index (χ2n) is 4.42. The fourth-order valence-corrected chi connectivity index (χ4v) is 2.16. The molecular weight excluding hydrogens is 264 g/mol. The Bertz CT molecular complexity index is 413. The first-order valence-corrected chi connectivity index (χ1v) is 6.76. The number of pyridine rings is 1. The van der Waals surface area contributed by atoms with E-state index in [1.54, 1.807) is 6.20 Å². The Kier molecular flexibility index (Phi) is 4.81. The maximum absolute atomic E-state index is 7.37. The minimum Gasteiger partial charge on any atom is -0.354 e. The van der Waals surface area contributed by atoms with Gasteiger partial charge in [0.05, 0.1) is 11.9 Å². The second-order valence-corrected chi connectivity index (χ2v) is 4.61. The van der Waals surface area contributed by atoms with Crippen LogP contribution in [0.4, 0.5) is 11.5 Å². The molecule has 1 aromatic rings. The van der Waals surface area contributed by atoms with Gasteiger partial charge >= 0.3 is 0 Å². The van der Waals surface area contributed by atoms with Gasteiger partial charge in [0.1, 0.15) is 5.82 Å². The minimum absolute atomic E-state index is 0.0350. The van der Waals surface area contributed by atoms with E-state index in [1.165, 1.54) is 0 Å². The molecule has 1 aromatic heterocycles. The molecule has 0 aliphatic carbocycles. The summed E-state index contributed by atoms with van der Waals surface area (Å²) in [6.07, 6.45) is 1.71. The van der Waals surface area contributed by atoms with Crippen LogP contribution < -0.4 is 15.1 Å². The standard InChI is InChI=1S/C12H19ClN6/c1-2-18-5-7-19(8-6-18)11-4-3-10(9-15-11)16-12(14)17-13/h3-4,9H,2,5-8H2,1H3,(H3,14,16,17). The molecule has 2 rings (SSSR count). The number of hydrogen-bond acceptors (Lipinski definition) is 4. The molecule has 1 fully saturated rings. The molecule has 1 saturated heterocycles. The summed E-state index contributed by atoms with van der Waals surface area (Å²) in [6, 6.07) is 3.86. The van der Waals surface area contributed by atoms with Gasteiger partial charge in [0.15, 0.2) is 0 Å². The van der Waals surface area contributed by atoms with Crippen LogP contribution in [0.2, 0.25) is 0 Å². The van der Waals surface area contributed by atoms with Crippen LogP contribution in [-0.4, -0.2) is 48.6 Å². The van der Waals surface area contributed by atoms with Crippen molar-refractivity contribution >= 4 is 29.2 Å². The van der Waals surface area contributed by atoms with E-state index in [9.17, 15) is 0 Å². The lowest BCUT2D eigenvalue weighted by Gasteiger charge is -2.34. The monoisotopic (exact) mass is 282 g/mol. The van der Waals surface area contributed by atoms with Crippen molar-refractivity contribution in [1.29, 1.82) is 5.41 Å². The lowest BCUT2D eigenvalue weighted by atomic mass is 10.3. The molecule has 0 bridgehead atoms. The minimum atomic E-state index is 0.0350. The summed E-state index contributed by atoms with van der Waals surface area (Å²) < 4.78 is 0. The normalized spacial score (nSPS) is 16.2. The van der Waals surface area contributed by atoms with E-state index in [4.69, 9.17) is 17.2 Å². The van der Waals surface area contributed by atoms with Crippen LogP contribution in [0.1, 0.15) is 6.92 Å². The van der Waals surface area contributed by atoms with E-state index in [-0.39, 0.29) is 5.96 Å². The highest BCUT2D eigenvalue weighted by atomic mass is 35.5. The van der Waals surface area contributed by atoms with Gasteiger partial charge in [-0.2, -0.15) is 0 Å². The summed E-state index contributed by atoms with van der Waals surface area (Å²) in [5.41, 5.74) is 0.745. The van der Waals surface area contributed by atoms with E-state index >= 15 is 0 Å². The van der Waals surface area contributed by atoms with Gasteiger partial charge in [0, 0.05) is 38.0 Å². The van der Waals surface area contributed by atoms with Crippen molar-refractivity contribution in [1.82, 2.24) is 14.7 Å². The molecule has 0 spiro atoms. The predicted molar refractivity (Wildman–Crippen MR) is 78.9 cm³/mol. The molecule has 6 nitrogen and oxygen atoms in total. The van der Waals surface area contributed by atoms with Gasteiger partial charge in [-0.05, 0) is 18.7 Å². The number of likely N-dealkylation sites (N-methyl/N-ethyl adjacent to an activating group) is 1. The van der Waals surface area contributed by atoms with Gasteiger partial charge in [-0.15, -0.1) is 0 Å². The van der Waals surface area contributed by atoms with Gasteiger partial charge in [0.25, 0.3) is 0 Å². The molecule has 1 aliphatic rings. The zero-order valence-corrected chi connectivity index (χ0v) is 11.7. The zero-order chi connectivity index (χ0) is 13.7. The maximum atomic E-state index is 7.37. The zero-order valence-electron chi connectivity index (χ0n) is 11.0. The van der Waals surface area contributed by atoms with Crippen LogP contribution in [-0.2, 0) is 0 Å². The smallest absolute Gasteiger partial charge is 0.207 e. The van der Waals surface area contributed by atoms with Gasteiger partial charge in [-0.1, -0.05) is 6.92 Å². The summed E-state index contributed by atoms with van der Waals surface area (Å²) in [6.45, 7) is 7.48. The van der Waals surface area contributed by atoms with E-state index in [0.717, 1.165) is 44.2 Å². The van der Waals surface area contributed by atoms with Gasteiger partial charge in [0.2, 0.25) is 5.96 Å². The number of aromatic nitrogens is 1. The van der Waals surface area contributed by atoms with Crippen LogP contribution in [0.25, 0.3) is 0 Å². The van der Waals surface area contributed by atoms with Crippen molar-refractivity contribution in [2.45, 2.75) is 6.92 Å². The van der Waals surface area contributed by atoms with Crippen LogP contribution in [0.5, 0.6) is 0 Å². The number of hydrogen-bond donors (Lipinski definition) is 3. The summed E-state index contributed by atoms with van der Waals surface area (Å²) in [4.78, 5) is 11.3. The Morgan fingerprint density at radius 2 is 2.11 bits per heavy atom. The molecule has 0 atom stereocenters. The van der Waals surface area contributed by atoms with E-state index < -0.39 is 0 Å². The van der Waals surface area contributed by atoms with Crippen molar-refractivity contribution < 1.29 is 0 Å². The molecule has 19 heavy (non-hydrogen) atoms. The molecule has 104 valence electrons. The number of nitrogens with one attached hydrogen (secondary N) is 3.